The molecule has 0 amide bonds. The Labute approximate surface area is 84.3 Å². The fourth-order valence-corrected chi connectivity index (χ4v) is 1.62. The number of halogens is 2. The molecule has 3 N–H and O–H groups in total. The van der Waals surface area contributed by atoms with Gasteiger partial charge in [-0.25, -0.2) is 13.8 Å². The number of rotatable bonds is 1. The molecule has 15 heavy (non-hydrogen) atoms. The Hall–Kier alpha value is -1.49. The summed E-state index contributed by atoms with van der Waals surface area (Å²) in [5.41, 5.74) is 5.97. The first kappa shape index (κ1) is 8.79. The van der Waals surface area contributed by atoms with Crippen LogP contribution in [0.2, 0.25) is 0 Å². The third kappa shape index (κ3) is 1.16. The molecule has 5 heteroatoms. The van der Waals surface area contributed by atoms with Crippen molar-refractivity contribution in [3.8, 4) is 0 Å². The number of imidazole rings is 1. The summed E-state index contributed by atoms with van der Waals surface area (Å²) in [5.74, 6) is -1.26. The van der Waals surface area contributed by atoms with E-state index in [0.717, 1.165) is 18.9 Å². The average Bonchev–Trinajstić information content (AvgIpc) is 2.82. The van der Waals surface area contributed by atoms with Crippen molar-refractivity contribution in [3.63, 3.8) is 0 Å². The second kappa shape index (κ2) is 2.55. The molecule has 1 saturated carbocycles. The highest BCUT2D eigenvalue weighted by Crippen LogP contribution is 2.41. The number of nitrogens with two attached hydrogens (primary N) is 1. The summed E-state index contributed by atoms with van der Waals surface area (Å²) in [5, 5.41) is 0. The van der Waals surface area contributed by atoms with E-state index in [-0.39, 0.29) is 5.52 Å². The van der Waals surface area contributed by atoms with Gasteiger partial charge in [-0.15, -0.1) is 0 Å². The first-order valence-corrected chi connectivity index (χ1v) is 4.73. The lowest BCUT2D eigenvalue weighted by Gasteiger charge is -2.01. The number of H-pyrrole nitrogens is 1. The molecule has 3 rings (SSSR count). The van der Waals surface area contributed by atoms with Gasteiger partial charge in [-0.3, -0.25) is 0 Å². The molecule has 1 aliphatic carbocycles. The van der Waals surface area contributed by atoms with Crippen molar-refractivity contribution in [3.05, 3.63) is 29.6 Å². The number of nitrogens with zero attached hydrogens (tertiary/aromatic N) is 1. The van der Waals surface area contributed by atoms with Crippen LogP contribution in [0.15, 0.2) is 12.1 Å². The maximum absolute atomic E-state index is 13.3. The zero-order valence-electron chi connectivity index (χ0n) is 7.85. The van der Waals surface area contributed by atoms with E-state index >= 15 is 0 Å². The summed E-state index contributed by atoms with van der Waals surface area (Å²) in [7, 11) is 0. The van der Waals surface area contributed by atoms with Crippen LogP contribution in [0, 0.1) is 11.6 Å². The van der Waals surface area contributed by atoms with Crippen LogP contribution in [-0.4, -0.2) is 9.97 Å². The number of aromatic amines is 1. The van der Waals surface area contributed by atoms with Crippen LogP contribution in [0.4, 0.5) is 8.78 Å². The van der Waals surface area contributed by atoms with Crippen molar-refractivity contribution in [2.45, 2.75) is 18.4 Å². The van der Waals surface area contributed by atoms with Gasteiger partial charge in [-0.2, -0.15) is 0 Å². The number of fused-ring (bicyclic) bond motifs is 1. The minimum absolute atomic E-state index is 0.0294. The molecule has 0 aliphatic heterocycles. The molecule has 0 bridgehead atoms. The Bertz CT molecular complexity index is 543. The summed E-state index contributed by atoms with van der Waals surface area (Å²) in [6.45, 7) is 0. The van der Waals surface area contributed by atoms with Crippen molar-refractivity contribution >= 4 is 11.0 Å². The third-order valence-electron chi connectivity index (χ3n) is 2.81. The molecular formula is C10H9F2N3. The van der Waals surface area contributed by atoms with Crippen molar-refractivity contribution < 1.29 is 8.78 Å². The van der Waals surface area contributed by atoms with Crippen molar-refractivity contribution in [1.29, 1.82) is 0 Å². The topological polar surface area (TPSA) is 54.7 Å². The van der Waals surface area contributed by atoms with Gasteiger partial charge in [0.05, 0.1) is 11.1 Å². The fraction of sp³-hybridized carbons (Fsp3) is 0.300. The van der Waals surface area contributed by atoms with Crippen LogP contribution in [0.25, 0.3) is 11.0 Å². The van der Waals surface area contributed by atoms with E-state index in [4.69, 9.17) is 5.73 Å². The zero-order valence-corrected chi connectivity index (χ0v) is 7.85. The molecule has 1 aromatic heterocycles. The number of hydrogen-bond acceptors (Lipinski definition) is 2. The molecule has 1 heterocycles. The van der Waals surface area contributed by atoms with Crippen LogP contribution in [0.5, 0.6) is 0 Å². The minimum Gasteiger partial charge on any atom is -0.340 e. The highest BCUT2D eigenvalue weighted by atomic mass is 19.2. The molecule has 1 fully saturated rings. The van der Waals surface area contributed by atoms with Gasteiger partial charge in [0.2, 0.25) is 0 Å². The summed E-state index contributed by atoms with van der Waals surface area (Å²) in [6, 6.07) is 2.55. The van der Waals surface area contributed by atoms with Crippen LogP contribution in [0.3, 0.4) is 0 Å². The maximum Gasteiger partial charge on any atom is 0.186 e. The zero-order chi connectivity index (χ0) is 10.6. The highest BCUT2D eigenvalue weighted by Gasteiger charge is 2.43. The lowest BCUT2D eigenvalue weighted by molar-refractivity contribution is 0.515. The van der Waals surface area contributed by atoms with E-state index in [1.807, 2.05) is 0 Å². The van der Waals surface area contributed by atoms with Crippen LogP contribution < -0.4 is 5.73 Å². The van der Waals surface area contributed by atoms with Gasteiger partial charge >= 0.3 is 0 Å². The molecule has 1 aromatic carbocycles. The molecule has 0 unspecified atom stereocenters. The van der Waals surface area contributed by atoms with Crippen LogP contribution in [0.1, 0.15) is 18.7 Å². The summed E-state index contributed by atoms with van der Waals surface area (Å²) >= 11 is 0. The van der Waals surface area contributed by atoms with Gasteiger partial charge < -0.3 is 10.7 Å². The molecule has 0 atom stereocenters. The number of benzene rings is 1. The number of hydrogen-bond donors (Lipinski definition) is 2. The quantitative estimate of drug-likeness (QED) is 0.752. The smallest absolute Gasteiger partial charge is 0.186 e. The monoisotopic (exact) mass is 209 g/mol. The molecule has 0 saturated heterocycles. The number of aromatic nitrogens is 2. The first-order valence-electron chi connectivity index (χ1n) is 4.73. The van der Waals surface area contributed by atoms with Gasteiger partial charge in [-0.1, -0.05) is 0 Å². The second-order valence-electron chi connectivity index (χ2n) is 4.00. The Morgan fingerprint density at radius 2 is 2.07 bits per heavy atom. The number of nitrogens with one attached hydrogen (secondary N) is 1. The third-order valence-corrected chi connectivity index (χ3v) is 2.81. The van der Waals surface area contributed by atoms with E-state index in [1.165, 1.54) is 6.07 Å². The van der Waals surface area contributed by atoms with Gasteiger partial charge in [-0.05, 0) is 25.0 Å². The normalized spacial score (nSPS) is 18.3. The molecule has 0 radical (unpaired) electrons. The molecule has 78 valence electrons. The van der Waals surface area contributed by atoms with Crippen molar-refractivity contribution in [2.75, 3.05) is 0 Å². The average molecular weight is 209 g/mol. The summed E-state index contributed by atoms with van der Waals surface area (Å²) < 4.78 is 26.2. The first-order chi connectivity index (χ1) is 7.10. The van der Waals surface area contributed by atoms with Gasteiger partial charge in [0.15, 0.2) is 11.6 Å². The largest absolute Gasteiger partial charge is 0.340 e. The SMILES string of the molecule is NC1(c2nc3c(F)c(F)ccc3[nH]2)CC1. The fourth-order valence-electron chi connectivity index (χ4n) is 1.62. The van der Waals surface area contributed by atoms with Crippen LogP contribution >= 0.6 is 0 Å². The van der Waals surface area contributed by atoms with Gasteiger partial charge in [0.25, 0.3) is 0 Å². The predicted molar refractivity (Wildman–Crippen MR) is 51.1 cm³/mol. The lowest BCUT2D eigenvalue weighted by Crippen LogP contribution is -2.20. The molecule has 3 nitrogen and oxygen atoms in total. The van der Waals surface area contributed by atoms with Gasteiger partial charge in [0.1, 0.15) is 11.3 Å². The summed E-state index contributed by atoms with van der Waals surface area (Å²) in [4.78, 5) is 6.93. The van der Waals surface area contributed by atoms with E-state index in [0.29, 0.717) is 11.3 Å². The maximum atomic E-state index is 13.3. The van der Waals surface area contributed by atoms with E-state index in [1.54, 1.807) is 0 Å². The Morgan fingerprint density at radius 3 is 2.73 bits per heavy atom. The molecule has 0 spiro atoms. The second-order valence-corrected chi connectivity index (χ2v) is 4.00. The molecule has 1 aliphatic rings. The van der Waals surface area contributed by atoms with Crippen LogP contribution in [-0.2, 0) is 5.54 Å². The summed E-state index contributed by atoms with van der Waals surface area (Å²) in [6.07, 6.45) is 1.66. The highest BCUT2D eigenvalue weighted by molar-refractivity contribution is 5.76. The van der Waals surface area contributed by atoms with E-state index < -0.39 is 17.2 Å². The predicted octanol–water partition coefficient (Wildman–Crippen LogP) is 1.79. The molecule has 2 aromatic rings. The van der Waals surface area contributed by atoms with E-state index in [2.05, 4.69) is 9.97 Å². The standard InChI is InChI=1S/C10H9F2N3/c11-5-1-2-6-8(7(5)12)15-9(14-6)10(13)3-4-10/h1-2H,3-4,13H2,(H,14,15). The lowest BCUT2D eigenvalue weighted by atomic mass is 10.3. The minimum atomic E-state index is -0.917. The Balaban J connectivity index is 2.26. The van der Waals surface area contributed by atoms with Gasteiger partial charge in [0, 0.05) is 0 Å². The van der Waals surface area contributed by atoms with Crippen molar-refractivity contribution in [2.24, 2.45) is 5.73 Å². The Kier molecular flexibility index (Phi) is 1.49. The van der Waals surface area contributed by atoms with E-state index in [9.17, 15) is 8.78 Å². The Morgan fingerprint density at radius 1 is 1.33 bits per heavy atom. The van der Waals surface area contributed by atoms with Crippen molar-refractivity contribution in [1.82, 2.24) is 9.97 Å². The molecular weight excluding hydrogens is 200 g/mol.